The molecule has 0 aliphatic heterocycles. The molecule has 0 aliphatic carbocycles. The van der Waals surface area contributed by atoms with Crippen LogP contribution in [0.25, 0.3) is 67.1 Å². The van der Waals surface area contributed by atoms with Crippen molar-refractivity contribution in [2.75, 3.05) is 0 Å². The second-order valence-electron chi connectivity index (χ2n) is 9.08. The summed E-state index contributed by atoms with van der Waals surface area (Å²) in [6.07, 6.45) is 3.64. The molecule has 7 rings (SSSR count). The highest BCUT2D eigenvalue weighted by Crippen LogP contribution is 2.28. The zero-order valence-corrected chi connectivity index (χ0v) is 20.4. The molecule has 0 fully saturated rings. The van der Waals surface area contributed by atoms with Crippen LogP contribution in [0.15, 0.2) is 128 Å². The van der Waals surface area contributed by atoms with Crippen LogP contribution in [-0.2, 0) is 0 Å². The van der Waals surface area contributed by atoms with Crippen molar-refractivity contribution in [1.82, 2.24) is 24.9 Å². The maximum Gasteiger partial charge on any atom is 0.165 e. The molecule has 5 nitrogen and oxygen atoms in total. The molecule has 3 aromatic heterocycles. The lowest BCUT2D eigenvalue weighted by Crippen LogP contribution is -2.01. The molecule has 3 heterocycles. The normalized spacial score (nSPS) is 11.2. The number of benzene rings is 4. The average Bonchev–Trinajstić information content (AvgIpc) is 3.01. The third-order valence-corrected chi connectivity index (χ3v) is 6.58. The lowest BCUT2D eigenvalue weighted by atomic mass is 10.0. The van der Waals surface area contributed by atoms with Gasteiger partial charge in [-0.15, -0.1) is 0 Å². The van der Waals surface area contributed by atoms with E-state index in [0.29, 0.717) is 17.5 Å². The Labute approximate surface area is 219 Å². The lowest BCUT2D eigenvalue weighted by Gasteiger charge is -2.10. The Kier molecular flexibility index (Phi) is 5.37. The maximum absolute atomic E-state index is 4.89. The fourth-order valence-electron chi connectivity index (χ4n) is 4.59. The molecule has 7 aromatic rings. The minimum Gasteiger partial charge on any atom is -0.255 e. The van der Waals surface area contributed by atoms with Crippen LogP contribution in [0.3, 0.4) is 0 Å². The third kappa shape index (κ3) is 4.16. The highest BCUT2D eigenvalue weighted by atomic mass is 15.0. The Hall–Kier alpha value is -5.29. The van der Waals surface area contributed by atoms with Gasteiger partial charge >= 0.3 is 0 Å². The monoisotopic (exact) mass is 487 g/mol. The van der Waals surface area contributed by atoms with E-state index in [-0.39, 0.29) is 0 Å². The molecule has 0 amide bonds. The third-order valence-electron chi connectivity index (χ3n) is 6.58. The van der Waals surface area contributed by atoms with Gasteiger partial charge in [-0.05, 0) is 35.4 Å². The molecular formula is C33H21N5. The summed E-state index contributed by atoms with van der Waals surface area (Å²) >= 11 is 0. The molecule has 0 unspecified atom stereocenters. The largest absolute Gasteiger partial charge is 0.255 e. The van der Waals surface area contributed by atoms with Crippen LogP contribution in [0.5, 0.6) is 0 Å². The first kappa shape index (κ1) is 21.9. The fourth-order valence-corrected chi connectivity index (χ4v) is 4.59. The van der Waals surface area contributed by atoms with Crippen LogP contribution in [0, 0.1) is 0 Å². The zero-order valence-electron chi connectivity index (χ0n) is 20.4. The summed E-state index contributed by atoms with van der Waals surface area (Å²) in [5, 5.41) is 2.07. The Bertz CT molecular complexity index is 1820. The van der Waals surface area contributed by atoms with Gasteiger partial charge in [0.05, 0.1) is 11.0 Å². The van der Waals surface area contributed by atoms with E-state index < -0.39 is 0 Å². The SMILES string of the molecule is c1ccc(-c2ccc(-c3nc(-c4cnc5ccccc5c4)nc(-c4cnc5ccccc5c4)n3)cc2)cc1. The van der Waals surface area contributed by atoms with Gasteiger partial charge in [-0.25, -0.2) is 15.0 Å². The average molecular weight is 488 g/mol. The molecule has 38 heavy (non-hydrogen) atoms. The van der Waals surface area contributed by atoms with Gasteiger partial charge in [0.2, 0.25) is 0 Å². The van der Waals surface area contributed by atoms with Crippen LogP contribution in [0.4, 0.5) is 0 Å². The molecule has 0 spiro atoms. The van der Waals surface area contributed by atoms with Crippen molar-refractivity contribution in [3.8, 4) is 45.3 Å². The zero-order chi connectivity index (χ0) is 25.3. The summed E-state index contributed by atoms with van der Waals surface area (Å²) < 4.78 is 0. The Morgan fingerprint density at radius 2 is 0.763 bits per heavy atom. The summed E-state index contributed by atoms with van der Waals surface area (Å²) in [4.78, 5) is 23.9. The van der Waals surface area contributed by atoms with E-state index in [0.717, 1.165) is 44.1 Å². The van der Waals surface area contributed by atoms with E-state index in [1.807, 2.05) is 79.1 Å². The van der Waals surface area contributed by atoms with Crippen molar-refractivity contribution in [2.24, 2.45) is 0 Å². The minimum absolute atomic E-state index is 0.573. The fraction of sp³-hybridized carbons (Fsp3) is 0. The van der Waals surface area contributed by atoms with Crippen molar-refractivity contribution >= 4 is 21.8 Å². The first-order valence-corrected chi connectivity index (χ1v) is 12.4. The molecule has 0 radical (unpaired) electrons. The molecular weight excluding hydrogens is 466 g/mol. The number of pyridine rings is 2. The van der Waals surface area contributed by atoms with Crippen LogP contribution in [-0.4, -0.2) is 24.9 Å². The van der Waals surface area contributed by atoms with Crippen LogP contribution < -0.4 is 0 Å². The van der Waals surface area contributed by atoms with Gasteiger partial charge < -0.3 is 0 Å². The highest BCUT2D eigenvalue weighted by molar-refractivity contribution is 5.84. The molecule has 178 valence electrons. The van der Waals surface area contributed by atoms with E-state index in [9.17, 15) is 0 Å². The molecule has 5 heteroatoms. The molecule has 0 saturated heterocycles. The quantitative estimate of drug-likeness (QED) is 0.255. The van der Waals surface area contributed by atoms with Crippen LogP contribution in [0.1, 0.15) is 0 Å². The van der Waals surface area contributed by atoms with Crippen molar-refractivity contribution in [2.45, 2.75) is 0 Å². The van der Waals surface area contributed by atoms with Gasteiger partial charge in [-0.2, -0.15) is 0 Å². The minimum atomic E-state index is 0.573. The van der Waals surface area contributed by atoms with Gasteiger partial charge in [0.25, 0.3) is 0 Å². The molecule has 0 saturated carbocycles. The predicted octanol–water partition coefficient (Wildman–Crippen LogP) is 7.64. The summed E-state index contributed by atoms with van der Waals surface area (Å²) in [5.74, 6) is 1.75. The van der Waals surface area contributed by atoms with Crippen molar-refractivity contribution in [3.63, 3.8) is 0 Å². The molecule has 0 N–H and O–H groups in total. The first-order valence-electron chi connectivity index (χ1n) is 12.4. The maximum atomic E-state index is 4.89. The van der Waals surface area contributed by atoms with E-state index in [1.165, 1.54) is 5.56 Å². The van der Waals surface area contributed by atoms with E-state index in [4.69, 9.17) is 15.0 Å². The van der Waals surface area contributed by atoms with Gasteiger partial charge in [-0.3, -0.25) is 9.97 Å². The van der Waals surface area contributed by atoms with Crippen LogP contribution in [0.2, 0.25) is 0 Å². The van der Waals surface area contributed by atoms with Crippen LogP contribution >= 0.6 is 0 Å². The Morgan fingerprint density at radius 3 is 1.32 bits per heavy atom. The number of fused-ring (bicyclic) bond motifs is 2. The van der Waals surface area contributed by atoms with Gasteiger partial charge in [0.1, 0.15) is 0 Å². The summed E-state index contributed by atoms with van der Waals surface area (Å²) in [6, 6.07) is 38.9. The molecule has 4 aromatic carbocycles. The van der Waals surface area contributed by atoms with E-state index in [2.05, 4.69) is 58.5 Å². The molecule has 0 aliphatic rings. The smallest absolute Gasteiger partial charge is 0.165 e. The number of para-hydroxylation sites is 2. The van der Waals surface area contributed by atoms with E-state index in [1.54, 1.807) is 0 Å². The molecule has 0 bridgehead atoms. The Balaban J connectivity index is 1.38. The van der Waals surface area contributed by atoms with Crippen molar-refractivity contribution < 1.29 is 0 Å². The Morgan fingerprint density at radius 1 is 0.342 bits per heavy atom. The second kappa shape index (κ2) is 9.30. The van der Waals surface area contributed by atoms with Gasteiger partial charge in [0.15, 0.2) is 17.5 Å². The number of nitrogens with zero attached hydrogens (tertiary/aromatic N) is 5. The van der Waals surface area contributed by atoms with Crippen molar-refractivity contribution in [3.05, 3.63) is 128 Å². The van der Waals surface area contributed by atoms with Gasteiger partial charge in [-0.1, -0.05) is 91.0 Å². The summed E-state index contributed by atoms with van der Waals surface area (Å²) in [6.45, 7) is 0. The summed E-state index contributed by atoms with van der Waals surface area (Å²) in [5.41, 5.74) is 6.76. The molecule has 0 atom stereocenters. The lowest BCUT2D eigenvalue weighted by molar-refractivity contribution is 1.07. The predicted molar refractivity (Wildman–Crippen MR) is 152 cm³/mol. The van der Waals surface area contributed by atoms with Crippen molar-refractivity contribution in [1.29, 1.82) is 0 Å². The topological polar surface area (TPSA) is 64.5 Å². The first-order chi connectivity index (χ1) is 18.8. The second-order valence-corrected chi connectivity index (χ2v) is 9.08. The number of hydrogen-bond acceptors (Lipinski definition) is 5. The number of rotatable bonds is 4. The number of hydrogen-bond donors (Lipinski definition) is 0. The number of aromatic nitrogens is 5. The van der Waals surface area contributed by atoms with Gasteiger partial charge in [0, 0.05) is 39.9 Å². The van der Waals surface area contributed by atoms with E-state index >= 15 is 0 Å². The highest BCUT2D eigenvalue weighted by Gasteiger charge is 2.14. The summed E-state index contributed by atoms with van der Waals surface area (Å²) in [7, 11) is 0. The standard InChI is InChI=1S/C33H21N5/c1-2-8-22(9-3-1)23-14-16-24(17-15-23)31-36-32(27-18-25-10-4-6-12-29(25)34-20-27)38-33(37-31)28-19-26-11-5-7-13-30(26)35-21-28/h1-21H.